The van der Waals surface area contributed by atoms with E-state index in [0.717, 1.165) is 25.7 Å². The van der Waals surface area contributed by atoms with Gasteiger partial charge < -0.3 is 9.64 Å². The molecule has 0 atom stereocenters. The van der Waals surface area contributed by atoms with Gasteiger partial charge in [0.15, 0.2) is 0 Å². The maximum Gasteiger partial charge on any atom is 0.331 e. The Morgan fingerprint density at radius 3 is 2.44 bits per heavy atom. The molecule has 1 aliphatic rings. The first-order chi connectivity index (χ1) is 7.65. The molecule has 5 heteroatoms. The van der Waals surface area contributed by atoms with Gasteiger partial charge in [0.25, 0.3) is 4.82 Å². The Kier molecular flexibility index (Phi) is 5.52. The molecule has 0 radical (unpaired) electrons. The summed E-state index contributed by atoms with van der Waals surface area (Å²) in [5, 5.41) is 0. The molecule has 0 aromatic heterocycles. The Labute approximate surface area is 104 Å². The first kappa shape index (κ1) is 13.2. The summed E-state index contributed by atoms with van der Waals surface area (Å²) >= 11 is 2.93. The molecule has 0 heterocycles. The first-order valence-electron chi connectivity index (χ1n) is 5.39. The SMILES string of the molecule is COC(=O)/C=C/N(C(=O)Br)C1CCCCC1. The molecule has 1 rings (SSSR count). The van der Waals surface area contributed by atoms with Gasteiger partial charge in [-0.1, -0.05) is 19.3 Å². The number of rotatable bonds is 3. The Hall–Kier alpha value is -0.840. The molecule has 0 saturated heterocycles. The van der Waals surface area contributed by atoms with Crippen LogP contribution in [-0.4, -0.2) is 28.8 Å². The van der Waals surface area contributed by atoms with Crippen LogP contribution in [0.3, 0.4) is 0 Å². The zero-order valence-corrected chi connectivity index (χ0v) is 10.9. The molecule has 0 unspecified atom stereocenters. The molecule has 0 aromatic carbocycles. The van der Waals surface area contributed by atoms with Crippen LogP contribution in [0.5, 0.6) is 0 Å². The second kappa shape index (κ2) is 6.68. The van der Waals surface area contributed by atoms with Crippen molar-refractivity contribution in [3.05, 3.63) is 12.3 Å². The van der Waals surface area contributed by atoms with Crippen molar-refractivity contribution in [2.75, 3.05) is 7.11 Å². The fraction of sp³-hybridized carbons (Fsp3) is 0.636. The molecule has 90 valence electrons. The highest BCUT2D eigenvalue weighted by Gasteiger charge is 2.22. The molecule has 1 fully saturated rings. The van der Waals surface area contributed by atoms with E-state index in [1.165, 1.54) is 25.8 Å². The average molecular weight is 290 g/mol. The zero-order chi connectivity index (χ0) is 12.0. The van der Waals surface area contributed by atoms with Gasteiger partial charge in [0.1, 0.15) is 0 Å². The van der Waals surface area contributed by atoms with Crippen molar-refractivity contribution in [2.45, 2.75) is 38.1 Å². The van der Waals surface area contributed by atoms with E-state index in [1.807, 2.05) is 0 Å². The van der Waals surface area contributed by atoms with E-state index in [1.54, 1.807) is 4.90 Å². The van der Waals surface area contributed by atoms with Crippen LogP contribution >= 0.6 is 15.9 Å². The van der Waals surface area contributed by atoms with Crippen LogP contribution in [0.2, 0.25) is 0 Å². The number of halogens is 1. The molecule has 1 saturated carbocycles. The summed E-state index contributed by atoms with van der Waals surface area (Å²) in [5.41, 5.74) is 0. The summed E-state index contributed by atoms with van der Waals surface area (Å²) in [6.45, 7) is 0. The van der Waals surface area contributed by atoms with Crippen LogP contribution in [0, 0.1) is 0 Å². The Balaban J connectivity index is 2.62. The summed E-state index contributed by atoms with van der Waals surface area (Å²) < 4.78 is 4.49. The van der Waals surface area contributed by atoms with Crippen LogP contribution in [0.15, 0.2) is 12.3 Å². The average Bonchev–Trinajstić information content (AvgIpc) is 2.30. The third-order valence-corrected chi connectivity index (χ3v) is 3.15. The quantitative estimate of drug-likeness (QED) is 0.347. The number of hydrogen-bond donors (Lipinski definition) is 0. The minimum atomic E-state index is -0.449. The lowest BCUT2D eigenvalue weighted by Gasteiger charge is -2.30. The van der Waals surface area contributed by atoms with Crippen molar-refractivity contribution < 1.29 is 14.3 Å². The highest BCUT2D eigenvalue weighted by molar-refractivity contribution is 9.18. The monoisotopic (exact) mass is 289 g/mol. The van der Waals surface area contributed by atoms with E-state index in [0.29, 0.717) is 0 Å². The number of amides is 1. The van der Waals surface area contributed by atoms with Gasteiger partial charge in [-0.3, -0.25) is 4.79 Å². The van der Waals surface area contributed by atoms with Gasteiger partial charge in [-0.15, -0.1) is 0 Å². The molecule has 4 nitrogen and oxygen atoms in total. The van der Waals surface area contributed by atoms with Crippen molar-refractivity contribution in [1.82, 2.24) is 4.90 Å². The maximum absolute atomic E-state index is 11.4. The molecule has 16 heavy (non-hydrogen) atoms. The fourth-order valence-electron chi connectivity index (χ4n) is 1.89. The van der Waals surface area contributed by atoms with Gasteiger partial charge in [-0.2, -0.15) is 0 Å². The lowest BCUT2D eigenvalue weighted by atomic mass is 9.95. The Morgan fingerprint density at radius 1 is 1.31 bits per heavy atom. The van der Waals surface area contributed by atoms with Gasteiger partial charge in [0, 0.05) is 34.2 Å². The smallest absolute Gasteiger partial charge is 0.331 e. The van der Waals surface area contributed by atoms with Crippen molar-refractivity contribution in [3.63, 3.8) is 0 Å². The third kappa shape index (κ3) is 3.96. The predicted molar refractivity (Wildman–Crippen MR) is 64.2 cm³/mol. The van der Waals surface area contributed by atoms with Crippen molar-refractivity contribution >= 4 is 26.7 Å². The molecule has 0 N–H and O–H groups in total. The van der Waals surface area contributed by atoms with Gasteiger partial charge in [0.05, 0.1) is 7.11 Å². The van der Waals surface area contributed by atoms with E-state index >= 15 is 0 Å². The summed E-state index contributed by atoms with van der Waals surface area (Å²) in [7, 11) is 1.31. The molecular weight excluding hydrogens is 274 g/mol. The molecule has 0 aliphatic heterocycles. The second-order valence-corrected chi connectivity index (χ2v) is 4.47. The van der Waals surface area contributed by atoms with E-state index in [2.05, 4.69) is 20.7 Å². The fourth-order valence-corrected chi connectivity index (χ4v) is 2.30. The predicted octanol–water partition coefficient (Wildman–Crippen LogP) is 2.82. The molecular formula is C11H16BrNO3. The van der Waals surface area contributed by atoms with Crippen molar-refractivity contribution in [1.29, 1.82) is 0 Å². The van der Waals surface area contributed by atoms with Crippen molar-refractivity contribution in [3.8, 4) is 0 Å². The number of ether oxygens (including phenoxy) is 1. The number of carbonyl (C=O) groups is 2. The first-order valence-corrected chi connectivity index (χ1v) is 6.18. The van der Waals surface area contributed by atoms with Crippen LogP contribution in [0.4, 0.5) is 4.79 Å². The van der Waals surface area contributed by atoms with Crippen LogP contribution in [-0.2, 0) is 9.53 Å². The summed E-state index contributed by atoms with van der Waals surface area (Å²) in [6, 6.07) is 0.196. The second-order valence-electron chi connectivity index (χ2n) is 3.79. The lowest BCUT2D eigenvalue weighted by Crippen LogP contribution is -2.34. The largest absolute Gasteiger partial charge is 0.466 e. The van der Waals surface area contributed by atoms with Crippen LogP contribution in [0.25, 0.3) is 0 Å². The molecule has 0 bridgehead atoms. The summed E-state index contributed by atoms with van der Waals surface area (Å²) in [5.74, 6) is -0.449. The number of methoxy groups -OCH3 is 1. The van der Waals surface area contributed by atoms with Gasteiger partial charge in [0.2, 0.25) is 0 Å². The third-order valence-electron chi connectivity index (χ3n) is 2.74. The number of esters is 1. The lowest BCUT2D eigenvalue weighted by molar-refractivity contribution is -0.134. The Bertz CT molecular complexity index is 285. The van der Waals surface area contributed by atoms with E-state index in [-0.39, 0.29) is 10.9 Å². The van der Waals surface area contributed by atoms with Crippen LogP contribution < -0.4 is 0 Å². The minimum Gasteiger partial charge on any atom is -0.466 e. The van der Waals surface area contributed by atoms with E-state index in [4.69, 9.17) is 0 Å². The Morgan fingerprint density at radius 2 is 1.94 bits per heavy atom. The highest BCUT2D eigenvalue weighted by atomic mass is 79.9. The minimum absolute atomic E-state index is 0.196. The zero-order valence-electron chi connectivity index (χ0n) is 9.32. The topological polar surface area (TPSA) is 46.6 Å². The van der Waals surface area contributed by atoms with Gasteiger partial charge in [-0.25, -0.2) is 4.79 Å². The van der Waals surface area contributed by atoms with Gasteiger partial charge in [-0.05, 0) is 12.8 Å². The van der Waals surface area contributed by atoms with Crippen LogP contribution in [0.1, 0.15) is 32.1 Å². The van der Waals surface area contributed by atoms with Gasteiger partial charge >= 0.3 is 5.97 Å². The van der Waals surface area contributed by atoms with E-state index < -0.39 is 5.97 Å². The molecule has 1 amide bonds. The normalized spacial score (nSPS) is 17.4. The molecule has 1 aliphatic carbocycles. The standard InChI is InChI=1S/C11H16BrNO3/c1-16-10(14)7-8-13(11(12)15)9-5-3-2-4-6-9/h7-9H,2-6H2,1H3/b8-7+. The highest BCUT2D eigenvalue weighted by Crippen LogP contribution is 2.24. The van der Waals surface area contributed by atoms with E-state index in [9.17, 15) is 9.59 Å². The molecule has 0 spiro atoms. The summed E-state index contributed by atoms with van der Waals surface area (Å²) in [4.78, 5) is 23.7. The van der Waals surface area contributed by atoms with Crippen molar-refractivity contribution in [2.24, 2.45) is 0 Å². The molecule has 0 aromatic rings. The number of carbonyl (C=O) groups excluding carboxylic acids is 2. The number of hydrogen-bond acceptors (Lipinski definition) is 3. The summed E-state index contributed by atoms with van der Waals surface area (Å²) in [6.07, 6.45) is 8.24. The number of nitrogens with zero attached hydrogens (tertiary/aromatic N) is 1. The maximum atomic E-state index is 11.4.